The van der Waals surface area contributed by atoms with Crippen molar-refractivity contribution in [3.63, 3.8) is 0 Å². The van der Waals surface area contributed by atoms with E-state index in [-0.39, 0.29) is 0 Å². The quantitative estimate of drug-likeness (QED) is 0.576. The van der Waals surface area contributed by atoms with Crippen molar-refractivity contribution < 1.29 is 0 Å². The summed E-state index contributed by atoms with van der Waals surface area (Å²) in [4.78, 5) is 2.64. The molecule has 2 heteroatoms. The van der Waals surface area contributed by atoms with Gasteiger partial charge in [-0.15, -0.1) is 12.3 Å². The Morgan fingerprint density at radius 3 is 2.81 bits per heavy atom. The third-order valence-corrected chi connectivity index (χ3v) is 4.06. The molecule has 1 saturated carbocycles. The zero-order valence-electron chi connectivity index (χ0n) is 10.3. The maximum atomic E-state index is 5.27. The van der Waals surface area contributed by atoms with Gasteiger partial charge in [-0.2, -0.15) is 0 Å². The Balaban J connectivity index is 1.72. The molecule has 0 bridgehead atoms. The van der Waals surface area contributed by atoms with Crippen molar-refractivity contribution in [3.8, 4) is 12.3 Å². The molecular formula is C14H24N2. The lowest BCUT2D eigenvalue weighted by Gasteiger charge is -2.41. The first-order valence-corrected chi connectivity index (χ1v) is 6.76. The summed E-state index contributed by atoms with van der Waals surface area (Å²) in [6.07, 6.45) is 14.3. The Morgan fingerprint density at radius 2 is 2.06 bits per heavy atom. The summed E-state index contributed by atoms with van der Waals surface area (Å²) in [6.45, 7) is 4.90. The van der Waals surface area contributed by atoms with Crippen molar-refractivity contribution in [3.05, 3.63) is 0 Å². The van der Waals surface area contributed by atoms with Crippen LogP contribution in [0.15, 0.2) is 0 Å². The molecule has 0 radical (unpaired) electrons. The van der Waals surface area contributed by atoms with Gasteiger partial charge in [0.15, 0.2) is 0 Å². The minimum atomic E-state index is 0.477. The zero-order chi connectivity index (χ0) is 11.3. The van der Waals surface area contributed by atoms with Crippen molar-refractivity contribution in [2.45, 2.75) is 50.5 Å². The molecule has 2 nitrogen and oxygen atoms in total. The topological polar surface area (TPSA) is 15.3 Å². The molecule has 0 aromatic carbocycles. The van der Waals surface area contributed by atoms with Crippen molar-refractivity contribution in [1.82, 2.24) is 10.2 Å². The van der Waals surface area contributed by atoms with Crippen molar-refractivity contribution in [1.29, 1.82) is 0 Å². The largest absolute Gasteiger partial charge is 0.309 e. The predicted octanol–water partition coefficient (Wildman–Crippen LogP) is 2.01. The molecule has 16 heavy (non-hydrogen) atoms. The van der Waals surface area contributed by atoms with Crippen LogP contribution in [0.25, 0.3) is 0 Å². The van der Waals surface area contributed by atoms with Gasteiger partial charge in [0.05, 0.1) is 0 Å². The lowest BCUT2D eigenvalue weighted by atomic mass is 9.94. The maximum Gasteiger partial charge on any atom is 0.0309 e. The minimum Gasteiger partial charge on any atom is -0.309 e. The van der Waals surface area contributed by atoms with E-state index in [0.717, 1.165) is 6.42 Å². The Morgan fingerprint density at radius 1 is 1.25 bits per heavy atom. The van der Waals surface area contributed by atoms with Gasteiger partial charge in [0.25, 0.3) is 0 Å². The predicted molar refractivity (Wildman–Crippen MR) is 68.3 cm³/mol. The van der Waals surface area contributed by atoms with E-state index >= 15 is 0 Å². The first-order valence-electron chi connectivity index (χ1n) is 6.76. The van der Waals surface area contributed by atoms with Crippen LogP contribution in [0.4, 0.5) is 0 Å². The minimum absolute atomic E-state index is 0.477. The number of terminal acetylenes is 1. The van der Waals surface area contributed by atoms with Gasteiger partial charge in [-0.25, -0.2) is 0 Å². The number of nitrogens with zero attached hydrogens (tertiary/aromatic N) is 1. The van der Waals surface area contributed by atoms with Crippen LogP contribution < -0.4 is 5.32 Å². The molecule has 2 rings (SSSR count). The van der Waals surface area contributed by atoms with E-state index in [0.29, 0.717) is 5.54 Å². The fourth-order valence-electron chi connectivity index (χ4n) is 3.18. The summed E-state index contributed by atoms with van der Waals surface area (Å²) < 4.78 is 0. The van der Waals surface area contributed by atoms with Crippen LogP contribution in [-0.4, -0.2) is 36.6 Å². The van der Waals surface area contributed by atoms with Crippen LogP contribution in [0.3, 0.4) is 0 Å². The molecule has 0 atom stereocenters. The molecule has 0 aromatic heterocycles. The Kier molecular flexibility index (Phi) is 4.26. The summed E-state index contributed by atoms with van der Waals surface area (Å²) in [5, 5.41) is 3.75. The Bertz CT molecular complexity index is 248. The highest BCUT2D eigenvalue weighted by molar-refractivity contribution is 4.98. The van der Waals surface area contributed by atoms with Gasteiger partial charge >= 0.3 is 0 Å². The second-order valence-electron chi connectivity index (χ2n) is 5.35. The fourth-order valence-corrected chi connectivity index (χ4v) is 3.18. The first kappa shape index (κ1) is 12.0. The molecule has 1 spiro atoms. The second kappa shape index (κ2) is 5.70. The molecule has 0 unspecified atom stereocenters. The second-order valence-corrected chi connectivity index (χ2v) is 5.35. The third-order valence-electron chi connectivity index (χ3n) is 4.06. The van der Waals surface area contributed by atoms with Gasteiger partial charge in [0.2, 0.25) is 0 Å². The normalized spacial score (nSPS) is 24.7. The van der Waals surface area contributed by atoms with Crippen LogP contribution in [0, 0.1) is 12.3 Å². The highest BCUT2D eigenvalue weighted by Crippen LogP contribution is 2.31. The van der Waals surface area contributed by atoms with E-state index in [9.17, 15) is 0 Å². The average molecular weight is 220 g/mol. The molecule has 90 valence electrons. The molecular weight excluding hydrogens is 196 g/mol. The van der Waals surface area contributed by atoms with E-state index in [1.807, 2.05) is 0 Å². The summed E-state index contributed by atoms with van der Waals surface area (Å²) in [7, 11) is 0. The highest BCUT2D eigenvalue weighted by Gasteiger charge is 2.37. The van der Waals surface area contributed by atoms with Crippen LogP contribution in [-0.2, 0) is 0 Å². The lowest BCUT2D eigenvalue weighted by Crippen LogP contribution is -2.59. The summed E-state index contributed by atoms with van der Waals surface area (Å²) in [6, 6.07) is 0. The van der Waals surface area contributed by atoms with E-state index in [2.05, 4.69) is 16.1 Å². The van der Waals surface area contributed by atoms with Crippen molar-refractivity contribution in [2.75, 3.05) is 26.2 Å². The maximum absolute atomic E-state index is 5.27. The smallest absolute Gasteiger partial charge is 0.0309 e. The van der Waals surface area contributed by atoms with Gasteiger partial charge < -0.3 is 10.2 Å². The standard InChI is InChI=1S/C14H24N2/c1-2-3-4-7-11-16-12-10-15-14(13-16)8-5-6-9-14/h1,15H,3-13H2. The average Bonchev–Trinajstić information content (AvgIpc) is 2.73. The van der Waals surface area contributed by atoms with E-state index in [1.54, 1.807) is 0 Å². The van der Waals surface area contributed by atoms with Gasteiger partial charge in [0.1, 0.15) is 0 Å². The fraction of sp³-hybridized carbons (Fsp3) is 0.857. The summed E-state index contributed by atoms with van der Waals surface area (Å²) >= 11 is 0. The number of hydrogen-bond donors (Lipinski definition) is 1. The van der Waals surface area contributed by atoms with Gasteiger partial charge in [0, 0.05) is 31.6 Å². The number of hydrogen-bond acceptors (Lipinski definition) is 2. The molecule has 2 aliphatic rings. The van der Waals surface area contributed by atoms with Crippen LogP contribution in [0.2, 0.25) is 0 Å². The van der Waals surface area contributed by atoms with E-state index in [4.69, 9.17) is 6.42 Å². The van der Waals surface area contributed by atoms with E-state index in [1.165, 1.54) is 64.7 Å². The number of nitrogens with one attached hydrogen (secondary N) is 1. The highest BCUT2D eigenvalue weighted by atomic mass is 15.2. The Labute approximate surface area is 99.8 Å². The molecule has 1 aliphatic carbocycles. The zero-order valence-corrected chi connectivity index (χ0v) is 10.3. The summed E-state index contributed by atoms with van der Waals surface area (Å²) in [5.41, 5.74) is 0.477. The van der Waals surface area contributed by atoms with Crippen molar-refractivity contribution in [2.24, 2.45) is 0 Å². The van der Waals surface area contributed by atoms with Gasteiger partial charge in [-0.05, 0) is 32.2 Å². The SMILES string of the molecule is C#CCCCCN1CCNC2(CCCC2)C1. The van der Waals surface area contributed by atoms with Crippen LogP contribution in [0.1, 0.15) is 44.9 Å². The van der Waals surface area contributed by atoms with Gasteiger partial charge in [-0.1, -0.05) is 12.8 Å². The van der Waals surface area contributed by atoms with E-state index < -0.39 is 0 Å². The molecule has 1 N–H and O–H groups in total. The molecule has 1 aliphatic heterocycles. The first-order chi connectivity index (χ1) is 7.85. The molecule has 0 amide bonds. The molecule has 1 saturated heterocycles. The number of piperazine rings is 1. The molecule has 2 fully saturated rings. The van der Waals surface area contributed by atoms with Crippen molar-refractivity contribution >= 4 is 0 Å². The number of unbranched alkanes of at least 4 members (excludes halogenated alkanes) is 2. The van der Waals surface area contributed by atoms with Crippen LogP contribution in [0.5, 0.6) is 0 Å². The Hall–Kier alpha value is -0.520. The van der Waals surface area contributed by atoms with Gasteiger partial charge in [-0.3, -0.25) is 0 Å². The third kappa shape index (κ3) is 2.99. The van der Waals surface area contributed by atoms with Crippen LogP contribution >= 0.6 is 0 Å². The number of rotatable bonds is 4. The lowest BCUT2D eigenvalue weighted by molar-refractivity contribution is 0.133. The summed E-state index contributed by atoms with van der Waals surface area (Å²) in [5.74, 6) is 2.72. The monoisotopic (exact) mass is 220 g/mol. The molecule has 0 aromatic rings. The molecule has 1 heterocycles.